The third-order valence-electron chi connectivity index (χ3n) is 2.80. The summed E-state index contributed by atoms with van der Waals surface area (Å²) in [5.74, 6) is -1.02. The first kappa shape index (κ1) is 12.5. The van der Waals surface area contributed by atoms with Gasteiger partial charge in [0.25, 0.3) is 0 Å². The Labute approximate surface area is 100 Å². The first-order chi connectivity index (χ1) is 8.29. The van der Waals surface area contributed by atoms with Crippen molar-refractivity contribution >= 4 is 16.9 Å². The molecular weight excluding hydrogens is 247 g/mol. The molecule has 1 aromatic heterocycles. The summed E-state index contributed by atoms with van der Waals surface area (Å²) >= 11 is 0. The second-order valence-electron chi connectivity index (χ2n) is 4.04. The minimum absolute atomic E-state index is 0.216. The van der Waals surface area contributed by atoms with Gasteiger partial charge in [-0.15, -0.1) is 0 Å². The van der Waals surface area contributed by atoms with Crippen LogP contribution in [0.15, 0.2) is 24.3 Å². The lowest BCUT2D eigenvalue weighted by Crippen LogP contribution is -2.05. The number of hydrogen-bond donors (Lipinski definition) is 1. The van der Waals surface area contributed by atoms with Crippen molar-refractivity contribution in [1.29, 1.82) is 0 Å². The average Bonchev–Trinajstić information content (AvgIpc) is 2.53. The predicted octanol–water partition coefficient (Wildman–Crippen LogP) is 2.82. The molecule has 0 unspecified atom stereocenters. The minimum atomic E-state index is -4.39. The molecule has 6 heteroatoms. The van der Waals surface area contributed by atoms with E-state index in [9.17, 15) is 18.0 Å². The van der Waals surface area contributed by atoms with E-state index in [4.69, 9.17) is 5.11 Å². The molecule has 1 N–H and O–H groups in total. The van der Waals surface area contributed by atoms with Gasteiger partial charge in [0.2, 0.25) is 0 Å². The van der Waals surface area contributed by atoms with E-state index in [1.807, 2.05) is 0 Å². The molecular formula is C12H10F3NO2. The van der Waals surface area contributed by atoms with Crippen LogP contribution in [-0.2, 0) is 24.4 Å². The largest absolute Gasteiger partial charge is 0.481 e. The van der Waals surface area contributed by atoms with E-state index in [0.29, 0.717) is 16.6 Å². The highest BCUT2D eigenvalue weighted by molar-refractivity contribution is 5.83. The zero-order valence-electron chi connectivity index (χ0n) is 9.45. The van der Waals surface area contributed by atoms with Gasteiger partial charge in [-0.2, -0.15) is 13.2 Å². The first-order valence-electron chi connectivity index (χ1n) is 5.16. The monoisotopic (exact) mass is 257 g/mol. The van der Waals surface area contributed by atoms with Crippen LogP contribution in [0, 0.1) is 0 Å². The van der Waals surface area contributed by atoms with Crippen LogP contribution < -0.4 is 0 Å². The maximum absolute atomic E-state index is 12.5. The molecule has 0 saturated carbocycles. The summed E-state index contributed by atoms with van der Waals surface area (Å²) in [6.07, 6.45) is -4.61. The van der Waals surface area contributed by atoms with Gasteiger partial charge in [-0.1, -0.05) is 0 Å². The van der Waals surface area contributed by atoms with Crippen LogP contribution in [0.3, 0.4) is 0 Å². The summed E-state index contributed by atoms with van der Waals surface area (Å²) < 4.78 is 39.2. The third-order valence-corrected chi connectivity index (χ3v) is 2.80. The van der Waals surface area contributed by atoms with Gasteiger partial charge >= 0.3 is 12.1 Å². The number of rotatable bonds is 2. The van der Waals surface area contributed by atoms with Crippen molar-refractivity contribution < 1.29 is 23.1 Å². The molecule has 0 amide bonds. The van der Waals surface area contributed by atoms with Crippen LogP contribution in [0.1, 0.15) is 11.3 Å². The van der Waals surface area contributed by atoms with Gasteiger partial charge in [0.05, 0.1) is 12.0 Å². The van der Waals surface area contributed by atoms with Crippen molar-refractivity contribution in [1.82, 2.24) is 4.57 Å². The molecule has 0 fully saturated rings. The number of benzene rings is 1. The topological polar surface area (TPSA) is 42.2 Å². The number of hydrogen-bond acceptors (Lipinski definition) is 1. The van der Waals surface area contributed by atoms with E-state index in [1.165, 1.54) is 12.1 Å². The number of nitrogens with zero attached hydrogens (tertiary/aromatic N) is 1. The normalized spacial score (nSPS) is 12.0. The Bertz CT molecular complexity index is 614. The quantitative estimate of drug-likeness (QED) is 0.898. The lowest BCUT2D eigenvalue weighted by molar-refractivity contribution is -0.138. The molecule has 0 radical (unpaired) electrons. The van der Waals surface area contributed by atoms with Crippen LogP contribution in [-0.4, -0.2) is 15.6 Å². The lowest BCUT2D eigenvalue weighted by atomic mass is 10.1. The first-order valence-corrected chi connectivity index (χ1v) is 5.16. The van der Waals surface area contributed by atoms with E-state index < -0.39 is 17.7 Å². The SMILES string of the molecule is Cn1c(CC(=O)O)cc2cc(C(F)(F)F)ccc21. The lowest BCUT2D eigenvalue weighted by Gasteiger charge is -2.06. The fourth-order valence-corrected chi connectivity index (χ4v) is 1.91. The molecule has 0 aliphatic carbocycles. The third kappa shape index (κ3) is 2.18. The zero-order chi connectivity index (χ0) is 13.5. The maximum Gasteiger partial charge on any atom is 0.416 e. The summed E-state index contributed by atoms with van der Waals surface area (Å²) in [5.41, 5.74) is 0.318. The van der Waals surface area contributed by atoms with E-state index >= 15 is 0 Å². The Morgan fingerprint density at radius 3 is 2.56 bits per heavy atom. The number of carbonyl (C=O) groups is 1. The van der Waals surface area contributed by atoms with Gasteiger partial charge in [0.15, 0.2) is 0 Å². The number of carboxylic acid groups (broad SMARTS) is 1. The van der Waals surface area contributed by atoms with Gasteiger partial charge in [-0.3, -0.25) is 4.79 Å². The van der Waals surface area contributed by atoms with E-state index in [0.717, 1.165) is 12.1 Å². The van der Waals surface area contributed by atoms with Crippen molar-refractivity contribution in [3.05, 3.63) is 35.5 Å². The highest BCUT2D eigenvalue weighted by Gasteiger charge is 2.30. The van der Waals surface area contributed by atoms with Crippen LogP contribution >= 0.6 is 0 Å². The van der Waals surface area contributed by atoms with Crippen LogP contribution in [0.4, 0.5) is 13.2 Å². The molecule has 1 heterocycles. The van der Waals surface area contributed by atoms with E-state index in [2.05, 4.69) is 0 Å². The number of aromatic nitrogens is 1. The molecule has 0 spiro atoms. The molecule has 18 heavy (non-hydrogen) atoms. The molecule has 0 aliphatic heterocycles. The van der Waals surface area contributed by atoms with Crippen molar-refractivity contribution in [3.8, 4) is 0 Å². The number of alkyl halides is 3. The highest BCUT2D eigenvalue weighted by Crippen LogP contribution is 2.32. The molecule has 0 aliphatic rings. The number of halogens is 3. The van der Waals surface area contributed by atoms with E-state index in [1.54, 1.807) is 11.6 Å². The molecule has 2 aromatic rings. The Kier molecular flexibility index (Phi) is 2.80. The van der Waals surface area contributed by atoms with Crippen LogP contribution in [0.2, 0.25) is 0 Å². The fourth-order valence-electron chi connectivity index (χ4n) is 1.91. The van der Waals surface area contributed by atoms with Gasteiger partial charge in [0.1, 0.15) is 0 Å². The second kappa shape index (κ2) is 4.04. The number of fused-ring (bicyclic) bond motifs is 1. The molecule has 0 atom stereocenters. The van der Waals surface area contributed by atoms with Gasteiger partial charge in [-0.25, -0.2) is 0 Å². The Hall–Kier alpha value is -1.98. The van der Waals surface area contributed by atoms with Crippen molar-refractivity contribution in [2.24, 2.45) is 7.05 Å². The molecule has 0 bridgehead atoms. The van der Waals surface area contributed by atoms with Gasteiger partial charge in [0, 0.05) is 23.6 Å². The maximum atomic E-state index is 12.5. The van der Waals surface area contributed by atoms with Crippen molar-refractivity contribution in [2.45, 2.75) is 12.6 Å². The van der Waals surface area contributed by atoms with E-state index in [-0.39, 0.29) is 6.42 Å². The van der Waals surface area contributed by atoms with Gasteiger partial charge in [-0.05, 0) is 24.3 Å². The fraction of sp³-hybridized carbons (Fsp3) is 0.250. The summed E-state index contributed by atoms with van der Waals surface area (Å²) in [4.78, 5) is 10.6. The van der Waals surface area contributed by atoms with Crippen LogP contribution in [0.5, 0.6) is 0 Å². The Morgan fingerprint density at radius 1 is 1.33 bits per heavy atom. The number of aliphatic carboxylic acids is 1. The Morgan fingerprint density at radius 2 is 2.00 bits per heavy atom. The Balaban J connectivity index is 2.55. The molecule has 2 rings (SSSR count). The standard InChI is InChI=1S/C12H10F3NO2/c1-16-9(6-11(17)18)5-7-4-8(12(13,14)15)2-3-10(7)16/h2-5H,6H2,1H3,(H,17,18). The van der Waals surface area contributed by atoms with Crippen molar-refractivity contribution in [2.75, 3.05) is 0 Å². The smallest absolute Gasteiger partial charge is 0.416 e. The molecule has 96 valence electrons. The van der Waals surface area contributed by atoms with Crippen molar-refractivity contribution in [3.63, 3.8) is 0 Å². The zero-order valence-corrected chi connectivity index (χ0v) is 9.45. The summed E-state index contributed by atoms with van der Waals surface area (Å²) in [6, 6.07) is 4.84. The molecule has 1 aromatic carbocycles. The molecule has 3 nitrogen and oxygen atoms in total. The molecule has 0 saturated heterocycles. The number of carboxylic acids is 1. The average molecular weight is 257 g/mol. The van der Waals surface area contributed by atoms with Crippen LogP contribution in [0.25, 0.3) is 10.9 Å². The second-order valence-corrected chi connectivity index (χ2v) is 4.04. The minimum Gasteiger partial charge on any atom is -0.481 e. The predicted molar refractivity (Wildman–Crippen MR) is 59.3 cm³/mol. The number of aryl methyl sites for hydroxylation is 1. The summed E-state index contributed by atoms with van der Waals surface area (Å²) in [6.45, 7) is 0. The highest BCUT2D eigenvalue weighted by atomic mass is 19.4. The summed E-state index contributed by atoms with van der Waals surface area (Å²) in [5, 5.41) is 9.10. The summed E-state index contributed by atoms with van der Waals surface area (Å²) in [7, 11) is 1.63. The van der Waals surface area contributed by atoms with Gasteiger partial charge < -0.3 is 9.67 Å².